The fraction of sp³-hybridized carbons (Fsp3) is 0.708. The van der Waals surface area contributed by atoms with Gasteiger partial charge < -0.3 is 24.6 Å². The molecule has 6 nitrogen and oxygen atoms in total. The highest BCUT2D eigenvalue weighted by Gasteiger charge is 2.36. The van der Waals surface area contributed by atoms with Gasteiger partial charge in [-0.15, -0.1) is 0 Å². The Hall–Kier alpha value is -1.95. The smallest absolute Gasteiger partial charge is 0.317 e. The zero-order valence-electron chi connectivity index (χ0n) is 17.9. The number of carbonyl (C=O) groups is 1. The normalized spacial score (nSPS) is 28.5. The molecule has 1 aliphatic carbocycles. The molecule has 0 aromatic heterocycles. The average molecular weight is 414 g/mol. The number of nitrogens with zero attached hydrogens (tertiary/aromatic N) is 2. The zero-order valence-corrected chi connectivity index (χ0v) is 17.9. The largest absolute Gasteiger partial charge is 0.486 e. The van der Waals surface area contributed by atoms with Crippen LogP contribution in [0, 0.1) is 11.8 Å². The Morgan fingerprint density at radius 3 is 2.73 bits per heavy atom. The van der Waals surface area contributed by atoms with Gasteiger partial charge in [-0.05, 0) is 75.6 Å². The lowest BCUT2D eigenvalue weighted by atomic mass is 9.83. The van der Waals surface area contributed by atoms with Crippen molar-refractivity contribution in [3.63, 3.8) is 0 Å². The number of urea groups is 1. The van der Waals surface area contributed by atoms with E-state index in [0.29, 0.717) is 31.0 Å². The molecule has 0 bridgehead atoms. The van der Waals surface area contributed by atoms with E-state index in [9.17, 15) is 4.79 Å². The summed E-state index contributed by atoms with van der Waals surface area (Å²) in [5, 5.41) is 3.15. The van der Waals surface area contributed by atoms with Crippen LogP contribution in [0.15, 0.2) is 24.3 Å². The van der Waals surface area contributed by atoms with E-state index < -0.39 is 0 Å². The molecule has 6 heteroatoms. The van der Waals surface area contributed by atoms with E-state index in [2.05, 4.69) is 15.1 Å². The molecule has 1 aromatic carbocycles. The molecule has 0 radical (unpaired) electrons. The van der Waals surface area contributed by atoms with Crippen molar-refractivity contribution in [3.8, 4) is 11.5 Å². The van der Waals surface area contributed by atoms with Crippen molar-refractivity contribution in [2.45, 2.75) is 57.1 Å². The highest BCUT2D eigenvalue weighted by atomic mass is 16.6. The van der Waals surface area contributed by atoms with E-state index in [1.54, 1.807) is 0 Å². The van der Waals surface area contributed by atoms with Crippen LogP contribution >= 0.6 is 0 Å². The number of hydrogen-bond acceptors (Lipinski definition) is 4. The van der Waals surface area contributed by atoms with Gasteiger partial charge >= 0.3 is 6.03 Å². The molecule has 1 saturated carbocycles. The van der Waals surface area contributed by atoms with Gasteiger partial charge in [0.15, 0.2) is 17.6 Å². The minimum Gasteiger partial charge on any atom is -0.486 e. The van der Waals surface area contributed by atoms with E-state index >= 15 is 0 Å². The Morgan fingerprint density at radius 1 is 1.03 bits per heavy atom. The first kappa shape index (κ1) is 20.0. The van der Waals surface area contributed by atoms with Gasteiger partial charge in [0.2, 0.25) is 0 Å². The second-order valence-corrected chi connectivity index (χ2v) is 9.53. The summed E-state index contributed by atoms with van der Waals surface area (Å²) in [5.41, 5.74) is 0. The van der Waals surface area contributed by atoms with Crippen LogP contribution < -0.4 is 14.8 Å². The van der Waals surface area contributed by atoms with E-state index in [1.807, 2.05) is 24.3 Å². The Morgan fingerprint density at radius 2 is 1.87 bits per heavy atom. The van der Waals surface area contributed by atoms with E-state index in [0.717, 1.165) is 24.6 Å². The number of ether oxygens (including phenoxy) is 2. The van der Waals surface area contributed by atoms with Crippen molar-refractivity contribution in [1.82, 2.24) is 15.1 Å². The molecule has 2 saturated heterocycles. The maximum Gasteiger partial charge on any atom is 0.317 e. The van der Waals surface area contributed by atoms with Crippen LogP contribution in [0.5, 0.6) is 11.5 Å². The van der Waals surface area contributed by atoms with E-state index in [4.69, 9.17) is 9.47 Å². The third-order valence-corrected chi connectivity index (χ3v) is 7.19. The van der Waals surface area contributed by atoms with E-state index in [-0.39, 0.29) is 12.1 Å². The third kappa shape index (κ3) is 4.69. The van der Waals surface area contributed by atoms with Crippen molar-refractivity contribution in [2.24, 2.45) is 11.8 Å². The van der Waals surface area contributed by atoms with Crippen molar-refractivity contribution in [2.75, 3.05) is 39.3 Å². The van der Waals surface area contributed by atoms with Crippen molar-refractivity contribution in [1.29, 1.82) is 0 Å². The standard InChI is InChI=1S/C24H35N3O3/c28-24(25-14-20-17-29-22-8-1-2-9-23(22)30-20)27(15-18-10-11-18)16-19-6-5-13-26-12-4-3-7-21(19)26/h1-2,8-9,18-21H,3-7,10-17H2,(H,25,28)/t19-,20+,21+/m0/s1. The lowest BCUT2D eigenvalue weighted by molar-refractivity contribution is 0.0444. The number of fused-ring (bicyclic) bond motifs is 2. The van der Waals surface area contributed by atoms with Gasteiger partial charge in [0.1, 0.15) is 6.61 Å². The molecule has 5 rings (SSSR count). The Kier molecular flexibility index (Phi) is 6.02. The van der Waals surface area contributed by atoms with Crippen LogP contribution in [0.1, 0.15) is 44.9 Å². The van der Waals surface area contributed by atoms with Gasteiger partial charge in [0.05, 0.1) is 6.54 Å². The summed E-state index contributed by atoms with van der Waals surface area (Å²) in [5.74, 6) is 2.86. The number of amides is 2. The maximum atomic E-state index is 13.1. The molecule has 1 N–H and O–H groups in total. The van der Waals surface area contributed by atoms with Crippen LogP contribution in [0.3, 0.4) is 0 Å². The molecule has 0 spiro atoms. The predicted molar refractivity (Wildman–Crippen MR) is 116 cm³/mol. The first-order valence-electron chi connectivity index (χ1n) is 11.9. The predicted octanol–water partition coefficient (Wildman–Crippen LogP) is 3.51. The van der Waals surface area contributed by atoms with Gasteiger partial charge in [-0.25, -0.2) is 4.79 Å². The second kappa shape index (κ2) is 9.04. The number of carbonyl (C=O) groups excluding carboxylic acids is 1. The average Bonchev–Trinajstić information content (AvgIpc) is 3.61. The Balaban J connectivity index is 1.17. The van der Waals surface area contributed by atoms with E-state index in [1.165, 1.54) is 58.0 Å². The number of nitrogens with one attached hydrogen (secondary N) is 1. The van der Waals surface area contributed by atoms with Crippen LogP contribution in [0.25, 0.3) is 0 Å². The zero-order chi connectivity index (χ0) is 20.3. The second-order valence-electron chi connectivity index (χ2n) is 9.53. The molecule has 3 fully saturated rings. The maximum absolute atomic E-state index is 13.1. The third-order valence-electron chi connectivity index (χ3n) is 7.19. The SMILES string of the molecule is O=C(NC[C@@H]1COc2ccccc2O1)N(CC1CC1)C[C@@H]1CCCN2CCCC[C@H]12. The summed E-state index contributed by atoms with van der Waals surface area (Å²) in [6.45, 7) is 5.25. The lowest BCUT2D eigenvalue weighted by Gasteiger charge is -2.45. The molecule has 3 heterocycles. The Labute approximate surface area is 179 Å². The minimum absolute atomic E-state index is 0.0669. The van der Waals surface area contributed by atoms with Crippen molar-refractivity contribution < 1.29 is 14.3 Å². The molecule has 2 amide bonds. The van der Waals surface area contributed by atoms with Crippen LogP contribution in [0.4, 0.5) is 4.79 Å². The summed E-state index contributed by atoms with van der Waals surface area (Å²) >= 11 is 0. The fourth-order valence-electron chi connectivity index (χ4n) is 5.40. The van der Waals surface area contributed by atoms with Gasteiger partial charge in [-0.3, -0.25) is 0 Å². The molecule has 0 unspecified atom stereocenters. The summed E-state index contributed by atoms with van der Waals surface area (Å²) in [4.78, 5) is 17.9. The summed E-state index contributed by atoms with van der Waals surface area (Å²) < 4.78 is 11.8. The highest BCUT2D eigenvalue weighted by Crippen LogP contribution is 2.34. The summed E-state index contributed by atoms with van der Waals surface area (Å²) in [7, 11) is 0. The van der Waals surface area contributed by atoms with Crippen LogP contribution in [-0.4, -0.2) is 67.3 Å². The Bertz CT molecular complexity index is 736. The quantitative estimate of drug-likeness (QED) is 0.775. The molecule has 30 heavy (non-hydrogen) atoms. The molecule has 4 aliphatic rings. The van der Waals surface area contributed by atoms with Crippen molar-refractivity contribution >= 4 is 6.03 Å². The number of para-hydroxylation sites is 2. The first-order chi connectivity index (χ1) is 14.8. The number of rotatable bonds is 6. The topological polar surface area (TPSA) is 54.0 Å². The van der Waals surface area contributed by atoms with Gasteiger partial charge in [-0.1, -0.05) is 18.6 Å². The highest BCUT2D eigenvalue weighted by molar-refractivity contribution is 5.74. The van der Waals surface area contributed by atoms with Gasteiger partial charge in [0, 0.05) is 19.1 Å². The van der Waals surface area contributed by atoms with Crippen molar-refractivity contribution in [3.05, 3.63) is 24.3 Å². The molecule has 3 aliphatic heterocycles. The van der Waals surface area contributed by atoms with Gasteiger partial charge in [0.25, 0.3) is 0 Å². The summed E-state index contributed by atoms with van der Waals surface area (Å²) in [6.07, 6.45) is 8.89. The molecular formula is C24H35N3O3. The lowest BCUT2D eigenvalue weighted by Crippen LogP contribution is -2.53. The van der Waals surface area contributed by atoms with Crippen LogP contribution in [-0.2, 0) is 0 Å². The number of piperidine rings is 2. The van der Waals surface area contributed by atoms with Crippen LogP contribution in [0.2, 0.25) is 0 Å². The molecule has 3 atom stereocenters. The first-order valence-corrected chi connectivity index (χ1v) is 11.9. The number of hydrogen-bond donors (Lipinski definition) is 1. The number of benzene rings is 1. The monoisotopic (exact) mass is 413 g/mol. The fourth-order valence-corrected chi connectivity index (χ4v) is 5.40. The minimum atomic E-state index is -0.143. The molecule has 164 valence electrons. The summed E-state index contributed by atoms with van der Waals surface area (Å²) in [6, 6.07) is 8.46. The molecule has 1 aromatic rings. The molecular weight excluding hydrogens is 378 g/mol. The van der Waals surface area contributed by atoms with Gasteiger partial charge in [-0.2, -0.15) is 0 Å².